The summed E-state index contributed by atoms with van der Waals surface area (Å²) in [7, 11) is 2.09. The first-order chi connectivity index (χ1) is 14.7. The van der Waals surface area contributed by atoms with Crippen molar-refractivity contribution in [3.63, 3.8) is 0 Å². The number of aryl methyl sites for hydroxylation is 2. The van der Waals surface area contributed by atoms with Crippen LogP contribution in [0.15, 0.2) is 78.9 Å². The SMILES string of the molecule is CN1C[C@H](O)C[C@H]1CCOc1cc(-c2ccccc2)ccc1CCc1ccccc1. The molecule has 3 nitrogen and oxygen atoms in total. The second-order valence-electron chi connectivity index (χ2n) is 8.29. The van der Waals surface area contributed by atoms with Crippen LogP contribution >= 0.6 is 0 Å². The lowest BCUT2D eigenvalue weighted by Gasteiger charge is -2.20. The van der Waals surface area contributed by atoms with Gasteiger partial charge in [0.05, 0.1) is 12.7 Å². The van der Waals surface area contributed by atoms with E-state index in [4.69, 9.17) is 4.74 Å². The minimum Gasteiger partial charge on any atom is -0.493 e. The maximum absolute atomic E-state index is 9.89. The third-order valence-corrected chi connectivity index (χ3v) is 6.07. The Morgan fingerprint density at radius 3 is 2.33 bits per heavy atom. The van der Waals surface area contributed by atoms with E-state index in [1.807, 2.05) is 6.07 Å². The Labute approximate surface area is 179 Å². The highest BCUT2D eigenvalue weighted by Gasteiger charge is 2.27. The molecular formula is C27H31NO2. The van der Waals surface area contributed by atoms with Crippen molar-refractivity contribution in [1.29, 1.82) is 0 Å². The van der Waals surface area contributed by atoms with Crippen LogP contribution < -0.4 is 4.74 Å². The molecule has 1 N–H and O–H groups in total. The fourth-order valence-electron chi connectivity index (χ4n) is 4.32. The van der Waals surface area contributed by atoms with Crippen molar-refractivity contribution in [3.8, 4) is 16.9 Å². The van der Waals surface area contributed by atoms with Crippen LogP contribution in [0.1, 0.15) is 24.0 Å². The molecule has 1 saturated heterocycles. The van der Waals surface area contributed by atoms with E-state index in [0.29, 0.717) is 12.6 Å². The Balaban J connectivity index is 1.48. The molecule has 0 saturated carbocycles. The van der Waals surface area contributed by atoms with Crippen LogP contribution in [-0.2, 0) is 12.8 Å². The number of likely N-dealkylation sites (tertiary alicyclic amines) is 1. The van der Waals surface area contributed by atoms with Gasteiger partial charge in [-0.05, 0) is 61.1 Å². The lowest BCUT2D eigenvalue weighted by molar-refractivity contribution is 0.182. The van der Waals surface area contributed by atoms with Crippen LogP contribution in [0.2, 0.25) is 0 Å². The molecule has 4 rings (SSSR count). The minimum absolute atomic E-state index is 0.206. The van der Waals surface area contributed by atoms with Gasteiger partial charge in [-0.3, -0.25) is 0 Å². The topological polar surface area (TPSA) is 32.7 Å². The van der Waals surface area contributed by atoms with Gasteiger partial charge in [-0.15, -0.1) is 0 Å². The fraction of sp³-hybridized carbons (Fsp3) is 0.333. The van der Waals surface area contributed by atoms with Crippen LogP contribution in [0.25, 0.3) is 11.1 Å². The number of rotatable bonds is 8. The highest BCUT2D eigenvalue weighted by Crippen LogP contribution is 2.29. The van der Waals surface area contributed by atoms with Gasteiger partial charge in [0.1, 0.15) is 5.75 Å². The third-order valence-electron chi connectivity index (χ3n) is 6.07. The molecule has 1 fully saturated rings. The number of β-amino-alcohol motifs (C(OH)–C–C–N with tert-alkyl or cyclic N) is 1. The highest BCUT2D eigenvalue weighted by atomic mass is 16.5. The van der Waals surface area contributed by atoms with Crippen LogP contribution in [0, 0.1) is 0 Å². The van der Waals surface area contributed by atoms with E-state index >= 15 is 0 Å². The number of ether oxygens (including phenoxy) is 1. The van der Waals surface area contributed by atoms with E-state index in [0.717, 1.165) is 38.0 Å². The lowest BCUT2D eigenvalue weighted by Crippen LogP contribution is -2.26. The summed E-state index contributed by atoms with van der Waals surface area (Å²) in [6.45, 7) is 1.43. The lowest BCUT2D eigenvalue weighted by atomic mass is 9.99. The van der Waals surface area contributed by atoms with Crippen molar-refractivity contribution in [3.05, 3.63) is 90.0 Å². The van der Waals surface area contributed by atoms with Gasteiger partial charge in [0.15, 0.2) is 0 Å². The van der Waals surface area contributed by atoms with Gasteiger partial charge in [-0.2, -0.15) is 0 Å². The predicted molar refractivity (Wildman–Crippen MR) is 123 cm³/mol. The second kappa shape index (κ2) is 9.92. The van der Waals surface area contributed by atoms with E-state index in [1.165, 1.54) is 22.3 Å². The summed E-state index contributed by atoms with van der Waals surface area (Å²) in [5.41, 5.74) is 4.98. The van der Waals surface area contributed by atoms with E-state index in [-0.39, 0.29) is 6.10 Å². The van der Waals surface area contributed by atoms with Crippen molar-refractivity contribution in [1.82, 2.24) is 4.90 Å². The maximum Gasteiger partial charge on any atom is 0.123 e. The number of aliphatic hydroxyl groups is 1. The van der Waals surface area contributed by atoms with Gasteiger partial charge < -0.3 is 14.7 Å². The molecule has 1 aliphatic rings. The van der Waals surface area contributed by atoms with Crippen LogP contribution in [0.5, 0.6) is 5.75 Å². The van der Waals surface area contributed by atoms with Gasteiger partial charge in [0.2, 0.25) is 0 Å². The number of benzene rings is 3. The summed E-state index contributed by atoms with van der Waals surface area (Å²) < 4.78 is 6.32. The monoisotopic (exact) mass is 401 g/mol. The zero-order chi connectivity index (χ0) is 20.8. The summed E-state index contributed by atoms with van der Waals surface area (Å²) >= 11 is 0. The zero-order valence-electron chi connectivity index (χ0n) is 17.7. The summed E-state index contributed by atoms with van der Waals surface area (Å²) in [5.74, 6) is 0.980. The number of hydrogen-bond donors (Lipinski definition) is 1. The maximum atomic E-state index is 9.89. The molecule has 3 aromatic carbocycles. The quantitative estimate of drug-likeness (QED) is 0.578. The van der Waals surface area contributed by atoms with Gasteiger partial charge in [-0.1, -0.05) is 72.8 Å². The normalized spacial score (nSPS) is 19.1. The first kappa shape index (κ1) is 20.6. The smallest absolute Gasteiger partial charge is 0.123 e. The average molecular weight is 402 g/mol. The second-order valence-corrected chi connectivity index (χ2v) is 8.29. The van der Waals surface area contributed by atoms with E-state index in [9.17, 15) is 5.11 Å². The number of likely N-dealkylation sites (N-methyl/N-ethyl adjacent to an activating group) is 1. The number of nitrogens with zero attached hydrogens (tertiary/aromatic N) is 1. The van der Waals surface area contributed by atoms with Gasteiger partial charge in [0.25, 0.3) is 0 Å². The number of aliphatic hydroxyl groups excluding tert-OH is 1. The molecule has 0 radical (unpaired) electrons. The van der Waals surface area contributed by atoms with Gasteiger partial charge in [-0.25, -0.2) is 0 Å². The third kappa shape index (κ3) is 5.29. The molecule has 156 valence electrons. The molecule has 0 bridgehead atoms. The Morgan fingerprint density at radius 1 is 0.900 bits per heavy atom. The van der Waals surface area contributed by atoms with Crippen molar-refractivity contribution in [2.45, 2.75) is 37.8 Å². The molecule has 1 heterocycles. The van der Waals surface area contributed by atoms with E-state index in [2.05, 4.69) is 84.7 Å². The molecule has 1 aliphatic heterocycles. The molecule has 0 aromatic heterocycles. The fourth-order valence-corrected chi connectivity index (χ4v) is 4.32. The first-order valence-electron chi connectivity index (χ1n) is 10.9. The molecule has 0 spiro atoms. The first-order valence-corrected chi connectivity index (χ1v) is 10.9. The minimum atomic E-state index is -0.206. The molecule has 3 aromatic rings. The molecule has 0 unspecified atom stereocenters. The standard InChI is InChI=1S/C27H31NO2/c1-28-20-26(29)19-25(28)16-17-30-27-18-24(22-10-6-3-7-11-22)15-14-23(27)13-12-21-8-4-2-5-9-21/h2-11,14-15,18,25-26,29H,12-13,16-17,19-20H2,1H3/t25-,26-/m1/s1. The zero-order valence-corrected chi connectivity index (χ0v) is 17.7. The average Bonchev–Trinajstić information content (AvgIpc) is 3.11. The molecular weight excluding hydrogens is 370 g/mol. The summed E-state index contributed by atoms with van der Waals surface area (Å²) in [6, 6.07) is 28.1. The Kier molecular flexibility index (Phi) is 6.83. The van der Waals surface area contributed by atoms with Gasteiger partial charge >= 0.3 is 0 Å². The van der Waals surface area contributed by atoms with Crippen LogP contribution in [0.4, 0.5) is 0 Å². The molecule has 2 atom stereocenters. The largest absolute Gasteiger partial charge is 0.493 e. The van der Waals surface area contributed by atoms with Crippen molar-refractivity contribution in [2.75, 3.05) is 20.2 Å². The van der Waals surface area contributed by atoms with E-state index in [1.54, 1.807) is 0 Å². The summed E-state index contributed by atoms with van der Waals surface area (Å²) in [5, 5.41) is 9.89. The van der Waals surface area contributed by atoms with Crippen molar-refractivity contribution >= 4 is 0 Å². The Hall–Kier alpha value is -2.62. The molecule has 30 heavy (non-hydrogen) atoms. The molecule has 0 amide bonds. The number of hydrogen-bond acceptors (Lipinski definition) is 3. The van der Waals surface area contributed by atoms with Gasteiger partial charge in [0, 0.05) is 12.6 Å². The van der Waals surface area contributed by atoms with Crippen LogP contribution in [-0.4, -0.2) is 42.4 Å². The van der Waals surface area contributed by atoms with E-state index < -0.39 is 0 Å². The Bertz CT molecular complexity index is 926. The highest BCUT2D eigenvalue weighted by molar-refractivity contribution is 5.66. The summed E-state index contributed by atoms with van der Waals surface area (Å²) in [6.07, 6.45) is 3.52. The van der Waals surface area contributed by atoms with Crippen LogP contribution in [0.3, 0.4) is 0 Å². The predicted octanol–water partition coefficient (Wildman–Crippen LogP) is 4.97. The molecule has 3 heteroatoms. The summed E-state index contributed by atoms with van der Waals surface area (Å²) in [4.78, 5) is 2.24. The van der Waals surface area contributed by atoms with Crippen molar-refractivity contribution < 1.29 is 9.84 Å². The molecule has 0 aliphatic carbocycles. The van der Waals surface area contributed by atoms with Crippen molar-refractivity contribution in [2.24, 2.45) is 0 Å². The Morgan fingerprint density at radius 2 is 1.63 bits per heavy atom.